The number of amides is 1. The fourth-order valence-corrected chi connectivity index (χ4v) is 3.01. The Morgan fingerprint density at radius 3 is 2.37 bits per heavy atom. The summed E-state index contributed by atoms with van der Waals surface area (Å²) in [4.78, 5) is 14.1. The van der Waals surface area contributed by atoms with Crippen molar-refractivity contribution in [3.63, 3.8) is 0 Å². The number of nitrogens with one attached hydrogen (secondary N) is 1. The van der Waals surface area contributed by atoms with Crippen molar-refractivity contribution in [1.82, 2.24) is 10.2 Å². The molecule has 0 atom stereocenters. The SMILES string of the molecule is COc1ccc(CCNC(=O)CN(C)Cc2ccc(Cl)c(Cl)c2)cc1OC. The van der Waals surface area contributed by atoms with Crippen LogP contribution in [0.4, 0.5) is 0 Å². The van der Waals surface area contributed by atoms with E-state index in [2.05, 4.69) is 5.32 Å². The molecule has 0 saturated heterocycles. The van der Waals surface area contributed by atoms with E-state index in [9.17, 15) is 4.79 Å². The molecule has 0 aliphatic carbocycles. The van der Waals surface area contributed by atoms with E-state index < -0.39 is 0 Å². The number of ether oxygens (including phenoxy) is 2. The van der Waals surface area contributed by atoms with Crippen molar-refractivity contribution < 1.29 is 14.3 Å². The van der Waals surface area contributed by atoms with Gasteiger partial charge < -0.3 is 14.8 Å². The van der Waals surface area contributed by atoms with Crippen molar-refractivity contribution in [1.29, 1.82) is 0 Å². The minimum atomic E-state index is -0.0296. The number of methoxy groups -OCH3 is 2. The molecular weight excluding hydrogens is 387 g/mol. The third kappa shape index (κ3) is 6.61. The molecule has 2 aromatic carbocycles. The van der Waals surface area contributed by atoms with Crippen molar-refractivity contribution in [2.45, 2.75) is 13.0 Å². The van der Waals surface area contributed by atoms with Gasteiger partial charge in [0.2, 0.25) is 5.91 Å². The highest BCUT2D eigenvalue weighted by atomic mass is 35.5. The van der Waals surface area contributed by atoms with Gasteiger partial charge in [-0.15, -0.1) is 0 Å². The Kier molecular flexibility index (Phi) is 8.23. The van der Waals surface area contributed by atoms with Crippen molar-refractivity contribution in [2.24, 2.45) is 0 Å². The summed E-state index contributed by atoms with van der Waals surface area (Å²) in [5.41, 5.74) is 2.07. The van der Waals surface area contributed by atoms with E-state index in [0.717, 1.165) is 11.1 Å². The first-order chi connectivity index (χ1) is 12.9. The van der Waals surface area contributed by atoms with Crippen LogP contribution in [0.15, 0.2) is 36.4 Å². The van der Waals surface area contributed by atoms with Crippen LogP contribution in [0.2, 0.25) is 10.0 Å². The maximum Gasteiger partial charge on any atom is 0.234 e. The molecule has 5 nitrogen and oxygen atoms in total. The van der Waals surface area contributed by atoms with E-state index in [1.54, 1.807) is 20.3 Å². The van der Waals surface area contributed by atoms with Gasteiger partial charge in [-0.3, -0.25) is 9.69 Å². The highest BCUT2D eigenvalue weighted by molar-refractivity contribution is 6.42. The molecule has 0 heterocycles. The molecule has 1 N–H and O–H groups in total. The molecule has 0 aliphatic rings. The minimum Gasteiger partial charge on any atom is -0.493 e. The van der Waals surface area contributed by atoms with Gasteiger partial charge in [-0.25, -0.2) is 0 Å². The Balaban J connectivity index is 1.77. The van der Waals surface area contributed by atoms with Gasteiger partial charge in [0.15, 0.2) is 11.5 Å². The Labute approximate surface area is 170 Å². The summed E-state index contributed by atoms with van der Waals surface area (Å²) >= 11 is 11.9. The van der Waals surface area contributed by atoms with Crippen LogP contribution in [0, 0.1) is 0 Å². The Morgan fingerprint density at radius 2 is 1.70 bits per heavy atom. The Hall–Kier alpha value is -1.95. The Morgan fingerprint density at radius 1 is 1.00 bits per heavy atom. The predicted molar refractivity (Wildman–Crippen MR) is 109 cm³/mol. The van der Waals surface area contributed by atoms with Gasteiger partial charge in [0.1, 0.15) is 0 Å². The van der Waals surface area contributed by atoms with Crippen molar-refractivity contribution >= 4 is 29.1 Å². The first kappa shape index (κ1) is 21.4. The molecule has 7 heteroatoms. The second-order valence-corrected chi connectivity index (χ2v) is 7.02. The molecule has 0 fully saturated rings. The fraction of sp³-hybridized carbons (Fsp3) is 0.350. The molecule has 0 radical (unpaired) electrons. The van der Waals surface area contributed by atoms with Gasteiger partial charge in [0.25, 0.3) is 0 Å². The van der Waals surface area contributed by atoms with Crippen LogP contribution in [-0.2, 0) is 17.8 Å². The van der Waals surface area contributed by atoms with Gasteiger partial charge in [0, 0.05) is 13.1 Å². The van der Waals surface area contributed by atoms with Crippen molar-refractivity contribution in [3.8, 4) is 11.5 Å². The van der Waals surface area contributed by atoms with Crippen LogP contribution in [0.25, 0.3) is 0 Å². The summed E-state index contributed by atoms with van der Waals surface area (Å²) < 4.78 is 10.5. The molecule has 0 saturated carbocycles. The first-order valence-electron chi connectivity index (χ1n) is 8.53. The highest BCUT2D eigenvalue weighted by Crippen LogP contribution is 2.27. The minimum absolute atomic E-state index is 0.0296. The van der Waals surface area contributed by atoms with Gasteiger partial charge in [-0.1, -0.05) is 35.3 Å². The van der Waals surface area contributed by atoms with Crippen molar-refractivity contribution in [2.75, 3.05) is 34.4 Å². The zero-order valence-electron chi connectivity index (χ0n) is 15.7. The average Bonchev–Trinajstić information content (AvgIpc) is 2.64. The van der Waals surface area contributed by atoms with Crippen LogP contribution < -0.4 is 14.8 Å². The topological polar surface area (TPSA) is 50.8 Å². The second-order valence-electron chi connectivity index (χ2n) is 6.21. The number of nitrogens with zero attached hydrogens (tertiary/aromatic N) is 1. The summed E-state index contributed by atoms with van der Waals surface area (Å²) in [6.45, 7) is 1.46. The lowest BCUT2D eigenvalue weighted by Crippen LogP contribution is -2.35. The van der Waals surface area contributed by atoms with Gasteiger partial charge in [0.05, 0.1) is 30.8 Å². The van der Waals surface area contributed by atoms with E-state index in [-0.39, 0.29) is 5.91 Å². The number of benzene rings is 2. The lowest BCUT2D eigenvalue weighted by atomic mass is 10.1. The number of likely N-dealkylation sites (N-methyl/N-ethyl adjacent to an activating group) is 1. The van der Waals surface area contributed by atoms with Crippen LogP contribution in [0.5, 0.6) is 11.5 Å². The lowest BCUT2D eigenvalue weighted by Gasteiger charge is -2.17. The summed E-state index contributed by atoms with van der Waals surface area (Å²) in [5, 5.41) is 3.97. The largest absolute Gasteiger partial charge is 0.493 e. The molecule has 0 bridgehead atoms. The maximum atomic E-state index is 12.1. The van der Waals surface area contributed by atoms with E-state index in [4.69, 9.17) is 32.7 Å². The lowest BCUT2D eigenvalue weighted by molar-refractivity contribution is -0.122. The number of carbonyl (C=O) groups is 1. The number of hydrogen-bond donors (Lipinski definition) is 1. The number of hydrogen-bond acceptors (Lipinski definition) is 4. The Bertz CT molecular complexity index is 784. The standard InChI is InChI=1S/C20H24Cl2N2O3/c1-24(12-15-4-6-16(21)17(22)10-15)13-20(25)23-9-8-14-5-7-18(26-2)19(11-14)27-3/h4-7,10-11H,8-9,12-13H2,1-3H3,(H,23,25). The molecule has 2 aromatic rings. The fourth-order valence-electron chi connectivity index (χ4n) is 2.69. The van der Waals surface area contributed by atoms with E-state index in [0.29, 0.717) is 47.6 Å². The maximum absolute atomic E-state index is 12.1. The molecular formula is C20H24Cl2N2O3. The van der Waals surface area contributed by atoms with Crippen LogP contribution in [0.1, 0.15) is 11.1 Å². The monoisotopic (exact) mass is 410 g/mol. The molecule has 0 spiro atoms. The van der Waals surface area contributed by atoms with E-state index >= 15 is 0 Å². The zero-order valence-corrected chi connectivity index (χ0v) is 17.2. The third-order valence-corrected chi connectivity index (χ3v) is 4.77. The van der Waals surface area contributed by atoms with Gasteiger partial charge in [-0.05, 0) is 48.9 Å². The van der Waals surface area contributed by atoms with Crippen LogP contribution in [0.3, 0.4) is 0 Å². The number of carbonyl (C=O) groups excluding carboxylic acids is 1. The quantitative estimate of drug-likeness (QED) is 0.682. The smallest absolute Gasteiger partial charge is 0.234 e. The molecule has 0 aromatic heterocycles. The summed E-state index contributed by atoms with van der Waals surface area (Å²) in [6, 6.07) is 11.2. The predicted octanol–water partition coefficient (Wildman–Crippen LogP) is 3.80. The third-order valence-electron chi connectivity index (χ3n) is 4.03. The van der Waals surface area contributed by atoms with Gasteiger partial charge in [-0.2, -0.15) is 0 Å². The zero-order chi connectivity index (χ0) is 19.8. The molecule has 27 heavy (non-hydrogen) atoms. The van der Waals surface area contributed by atoms with E-state index in [1.165, 1.54) is 0 Å². The highest BCUT2D eigenvalue weighted by Gasteiger charge is 2.09. The van der Waals surface area contributed by atoms with Crippen molar-refractivity contribution in [3.05, 3.63) is 57.6 Å². The molecule has 0 aliphatic heterocycles. The van der Waals surface area contributed by atoms with Crippen LogP contribution in [-0.4, -0.2) is 45.2 Å². The average molecular weight is 411 g/mol. The summed E-state index contributed by atoms with van der Waals surface area (Å²) in [6.07, 6.45) is 0.711. The molecule has 0 unspecified atom stereocenters. The second kappa shape index (κ2) is 10.4. The molecule has 146 valence electrons. The van der Waals surface area contributed by atoms with Crippen LogP contribution >= 0.6 is 23.2 Å². The first-order valence-corrected chi connectivity index (χ1v) is 9.28. The molecule has 1 amide bonds. The number of halogens is 2. The van der Waals surface area contributed by atoms with Gasteiger partial charge >= 0.3 is 0 Å². The molecule has 2 rings (SSSR count). The van der Waals surface area contributed by atoms with E-state index in [1.807, 2.05) is 42.3 Å². The number of rotatable bonds is 9. The normalized spacial score (nSPS) is 10.7. The summed E-state index contributed by atoms with van der Waals surface area (Å²) in [7, 11) is 5.09. The summed E-state index contributed by atoms with van der Waals surface area (Å²) in [5.74, 6) is 1.34.